The highest BCUT2D eigenvalue weighted by atomic mass is 19.4. The average Bonchev–Trinajstić information content (AvgIpc) is 2.42. The van der Waals surface area contributed by atoms with Gasteiger partial charge in [-0.3, -0.25) is 0 Å². The van der Waals surface area contributed by atoms with Gasteiger partial charge in [-0.2, -0.15) is 18.4 Å². The van der Waals surface area contributed by atoms with Crippen LogP contribution < -0.4 is 5.32 Å². The van der Waals surface area contributed by atoms with Gasteiger partial charge in [-0.1, -0.05) is 24.6 Å². The highest BCUT2D eigenvalue weighted by molar-refractivity contribution is 5.29. The fraction of sp³-hybridized carbons (Fsp3) is 0.562. The molecule has 0 aliphatic heterocycles. The van der Waals surface area contributed by atoms with Crippen LogP contribution in [0.5, 0.6) is 0 Å². The van der Waals surface area contributed by atoms with Crippen molar-refractivity contribution in [2.24, 2.45) is 5.41 Å². The summed E-state index contributed by atoms with van der Waals surface area (Å²) >= 11 is 0. The van der Waals surface area contributed by atoms with Crippen molar-refractivity contribution in [3.63, 3.8) is 0 Å². The van der Waals surface area contributed by atoms with Crippen LogP contribution in [0.15, 0.2) is 24.3 Å². The van der Waals surface area contributed by atoms with Gasteiger partial charge in [-0.15, -0.1) is 0 Å². The minimum atomic E-state index is -4.31. The molecule has 2 nitrogen and oxygen atoms in total. The van der Waals surface area contributed by atoms with Crippen molar-refractivity contribution in [2.75, 3.05) is 6.54 Å². The third kappa shape index (κ3) is 6.17. The minimum Gasteiger partial charge on any atom is -0.313 e. The first kappa shape index (κ1) is 17.5. The molecule has 5 heteroatoms. The molecule has 0 heterocycles. The lowest BCUT2D eigenvalue weighted by Crippen LogP contribution is -2.19. The SMILES string of the molecule is CC(C)(C#N)CCCCNCc1ccccc1C(F)(F)F. The summed E-state index contributed by atoms with van der Waals surface area (Å²) in [5.74, 6) is 0. The molecule has 1 N–H and O–H groups in total. The number of hydrogen-bond acceptors (Lipinski definition) is 2. The number of nitrogens with one attached hydrogen (secondary N) is 1. The molecule has 0 atom stereocenters. The molecular formula is C16H21F3N2. The fourth-order valence-corrected chi connectivity index (χ4v) is 2.05. The van der Waals surface area contributed by atoms with Crippen molar-refractivity contribution < 1.29 is 13.2 Å². The van der Waals surface area contributed by atoms with Gasteiger partial charge in [0.05, 0.1) is 17.0 Å². The molecule has 0 fully saturated rings. The Kier molecular flexibility index (Phi) is 6.22. The van der Waals surface area contributed by atoms with Crippen LogP contribution in [0.2, 0.25) is 0 Å². The van der Waals surface area contributed by atoms with Gasteiger partial charge in [0.25, 0.3) is 0 Å². The van der Waals surface area contributed by atoms with Crippen LogP contribution in [0.25, 0.3) is 0 Å². The Morgan fingerprint density at radius 1 is 1.14 bits per heavy atom. The first-order valence-corrected chi connectivity index (χ1v) is 7.03. The van der Waals surface area contributed by atoms with E-state index in [1.165, 1.54) is 12.1 Å². The second kappa shape index (κ2) is 7.46. The third-order valence-electron chi connectivity index (χ3n) is 3.35. The monoisotopic (exact) mass is 298 g/mol. The Bertz CT molecular complexity index is 487. The molecule has 21 heavy (non-hydrogen) atoms. The molecule has 0 bridgehead atoms. The molecule has 0 aromatic heterocycles. The van der Waals surface area contributed by atoms with Crippen LogP contribution in [-0.2, 0) is 12.7 Å². The number of hydrogen-bond donors (Lipinski definition) is 1. The number of benzene rings is 1. The summed E-state index contributed by atoms with van der Waals surface area (Å²) < 4.78 is 38.4. The molecule has 0 saturated heterocycles. The van der Waals surface area contributed by atoms with Gasteiger partial charge < -0.3 is 5.32 Å². The molecule has 0 radical (unpaired) electrons. The largest absolute Gasteiger partial charge is 0.416 e. The van der Waals surface area contributed by atoms with Crippen molar-refractivity contribution in [3.8, 4) is 6.07 Å². The minimum absolute atomic E-state index is 0.206. The van der Waals surface area contributed by atoms with E-state index >= 15 is 0 Å². The van der Waals surface area contributed by atoms with E-state index in [-0.39, 0.29) is 17.5 Å². The third-order valence-corrected chi connectivity index (χ3v) is 3.35. The van der Waals surface area contributed by atoms with Crippen molar-refractivity contribution in [1.29, 1.82) is 5.26 Å². The summed E-state index contributed by atoms with van der Waals surface area (Å²) in [4.78, 5) is 0. The normalized spacial score (nSPS) is 12.2. The summed E-state index contributed by atoms with van der Waals surface area (Å²) in [6.07, 6.45) is -1.78. The van der Waals surface area contributed by atoms with E-state index in [9.17, 15) is 13.2 Å². The highest BCUT2D eigenvalue weighted by Gasteiger charge is 2.32. The molecule has 0 amide bonds. The van der Waals surface area contributed by atoms with Crippen LogP contribution in [0.4, 0.5) is 13.2 Å². The predicted molar refractivity (Wildman–Crippen MR) is 76.4 cm³/mol. The van der Waals surface area contributed by atoms with Gasteiger partial charge in [0.2, 0.25) is 0 Å². The maximum atomic E-state index is 12.8. The Morgan fingerprint density at radius 2 is 1.81 bits per heavy atom. The number of nitrogens with zero attached hydrogens (tertiary/aromatic N) is 1. The summed E-state index contributed by atoms with van der Waals surface area (Å²) in [5.41, 5.74) is -0.645. The van der Waals surface area contributed by atoms with Crippen LogP contribution in [0, 0.1) is 16.7 Å². The van der Waals surface area contributed by atoms with Gasteiger partial charge >= 0.3 is 6.18 Å². The molecule has 1 rings (SSSR count). The van der Waals surface area contributed by atoms with E-state index in [0.717, 1.165) is 25.3 Å². The van der Waals surface area contributed by atoms with Crippen LogP contribution in [0.1, 0.15) is 44.2 Å². The highest BCUT2D eigenvalue weighted by Crippen LogP contribution is 2.31. The van der Waals surface area contributed by atoms with Crippen molar-refractivity contribution >= 4 is 0 Å². The molecule has 0 aliphatic carbocycles. The smallest absolute Gasteiger partial charge is 0.313 e. The lowest BCUT2D eigenvalue weighted by atomic mass is 9.89. The summed E-state index contributed by atoms with van der Waals surface area (Å²) in [6, 6.07) is 7.85. The van der Waals surface area contributed by atoms with Crippen LogP contribution >= 0.6 is 0 Å². The second-order valence-electron chi connectivity index (χ2n) is 5.78. The Labute approximate surface area is 124 Å². The lowest BCUT2D eigenvalue weighted by Gasteiger charge is -2.15. The number of unbranched alkanes of at least 4 members (excludes halogenated alkanes) is 1. The van der Waals surface area contributed by atoms with Crippen molar-refractivity contribution in [2.45, 2.75) is 45.8 Å². The molecule has 0 spiro atoms. The van der Waals surface area contributed by atoms with E-state index in [4.69, 9.17) is 5.26 Å². The van der Waals surface area contributed by atoms with Gasteiger partial charge in [0.1, 0.15) is 0 Å². The van der Waals surface area contributed by atoms with E-state index in [1.54, 1.807) is 6.07 Å². The molecule has 116 valence electrons. The van der Waals surface area contributed by atoms with Crippen LogP contribution in [0.3, 0.4) is 0 Å². The summed E-state index contributed by atoms with van der Waals surface area (Å²) in [7, 11) is 0. The zero-order valence-electron chi connectivity index (χ0n) is 12.4. The van der Waals surface area contributed by atoms with Gasteiger partial charge in [0.15, 0.2) is 0 Å². The van der Waals surface area contributed by atoms with E-state index in [1.807, 2.05) is 13.8 Å². The molecule has 0 saturated carbocycles. The first-order chi connectivity index (χ1) is 9.76. The molecule has 0 aliphatic rings. The maximum Gasteiger partial charge on any atom is 0.416 e. The fourth-order valence-electron chi connectivity index (χ4n) is 2.05. The summed E-state index contributed by atoms with van der Waals surface area (Å²) in [5, 5.41) is 11.9. The van der Waals surface area contributed by atoms with Crippen molar-refractivity contribution in [3.05, 3.63) is 35.4 Å². The zero-order chi connectivity index (χ0) is 15.9. The molecular weight excluding hydrogens is 277 g/mol. The number of halogens is 3. The van der Waals surface area contributed by atoms with E-state index < -0.39 is 11.7 Å². The average molecular weight is 298 g/mol. The number of rotatable bonds is 7. The van der Waals surface area contributed by atoms with E-state index in [2.05, 4.69) is 11.4 Å². The lowest BCUT2D eigenvalue weighted by molar-refractivity contribution is -0.138. The first-order valence-electron chi connectivity index (χ1n) is 7.03. The number of alkyl halides is 3. The summed E-state index contributed by atoms with van der Waals surface area (Å²) in [6.45, 7) is 4.63. The van der Waals surface area contributed by atoms with Crippen LogP contribution in [-0.4, -0.2) is 6.54 Å². The van der Waals surface area contributed by atoms with Gasteiger partial charge in [0, 0.05) is 6.54 Å². The Hall–Kier alpha value is -1.54. The molecule has 1 aromatic carbocycles. The predicted octanol–water partition coefficient (Wildman–Crippen LogP) is 4.52. The van der Waals surface area contributed by atoms with Gasteiger partial charge in [-0.05, 0) is 44.9 Å². The molecule has 0 unspecified atom stereocenters. The van der Waals surface area contributed by atoms with Crippen molar-refractivity contribution in [1.82, 2.24) is 5.32 Å². The standard InChI is InChI=1S/C16H21F3N2/c1-15(2,12-20)9-5-6-10-21-11-13-7-3-4-8-14(13)16(17,18)19/h3-4,7-8,21H,5-6,9-11H2,1-2H3. The van der Waals surface area contributed by atoms with E-state index in [0.29, 0.717) is 6.54 Å². The maximum absolute atomic E-state index is 12.8. The quantitative estimate of drug-likeness (QED) is 0.751. The second-order valence-corrected chi connectivity index (χ2v) is 5.78. The Balaban J connectivity index is 2.36. The zero-order valence-corrected chi connectivity index (χ0v) is 12.4. The topological polar surface area (TPSA) is 35.8 Å². The number of nitriles is 1. The van der Waals surface area contributed by atoms with Gasteiger partial charge in [-0.25, -0.2) is 0 Å². The molecule has 1 aromatic rings. The Morgan fingerprint density at radius 3 is 2.43 bits per heavy atom.